The van der Waals surface area contributed by atoms with E-state index in [-0.39, 0.29) is 19.1 Å². The van der Waals surface area contributed by atoms with E-state index in [4.69, 9.17) is 16.3 Å². The van der Waals surface area contributed by atoms with Gasteiger partial charge in [-0.15, -0.1) is 0 Å². The lowest BCUT2D eigenvalue weighted by Crippen LogP contribution is -2.31. The molecule has 2 aromatic rings. The Kier molecular flexibility index (Phi) is 7.71. The van der Waals surface area contributed by atoms with Gasteiger partial charge in [-0.2, -0.15) is 0 Å². The third kappa shape index (κ3) is 7.05. The summed E-state index contributed by atoms with van der Waals surface area (Å²) in [4.78, 5) is 11.7. The molecule has 0 aliphatic rings. The SMILES string of the molecule is CC(C)CNC(=O)COc1ccc(N(Cc2ccc(Cl)cc2)S(C)(=O)=O)cc1. The van der Waals surface area contributed by atoms with Crippen molar-refractivity contribution in [2.75, 3.05) is 23.7 Å². The quantitative estimate of drug-likeness (QED) is 0.668. The largest absolute Gasteiger partial charge is 0.484 e. The minimum absolute atomic E-state index is 0.0906. The van der Waals surface area contributed by atoms with Crippen molar-refractivity contribution in [3.8, 4) is 5.75 Å². The Hall–Kier alpha value is -2.25. The van der Waals surface area contributed by atoms with Gasteiger partial charge in [0.25, 0.3) is 5.91 Å². The predicted octanol–water partition coefficient (Wildman–Crippen LogP) is 3.46. The van der Waals surface area contributed by atoms with Crippen LogP contribution in [-0.4, -0.2) is 33.7 Å². The van der Waals surface area contributed by atoms with E-state index in [0.29, 0.717) is 28.9 Å². The minimum Gasteiger partial charge on any atom is -0.484 e. The van der Waals surface area contributed by atoms with Crippen LogP contribution in [0.2, 0.25) is 5.02 Å². The summed E-state index contributed by atoms with van der Waals surface area (Å²) in [6.45, 7) is 4.71. The van der Waals surface area contributed by atoms with Crippen molar-refractivity contribution in [1.82, 2.24) is 5.32 Å². The highest BCUT2D eigenvalue weighted by molar-refractivity contribution is 7.92. The number of nitrogens with one attached hydrogen (secondary N) is 1. The molecule has 0 heterocycles. The van der Waals surface area contributed by atoms with Crippen molar-refractivity contribution in [3.05, 3.63) is 59.1 Å². The predicted molar refractivity (Wildman–Crippen MR) is 112 cm³/mol. The molecular weight excluding hydrogens is 400 g/mol. The molecule has 0 radical (unpaired) electrons. The molecule has 152 valence electrons. The van der Waals surface area contributed by atoms with Crippen molar-refractivity contribution in [2.45, 2.75) is 20.4 Å². The normalized spacial score (nSPS) is 11.3. The van der Waals surface area contributed by atoms with Gasteiger partial charge in [-0.3, -0.25) is 9.10 Å². The lowest BCUT2D eigenvalue weighted by atomic mass is 10.2. The molecular formula is C20H25ClN2O4S. The molecule has 1 amide bonds. The summed E-state index contributed by atoms with van der Waals surface area (Å²) in [5.74, 6) is 0.660. The summed E-state index contributed by atoms with van der Waals surface area (Å²) in [6, 6.07) is 13.6. The van der Waals surface area contributed by atoms with Crippen LogP contribution >= 0.6 is 11.6 Å². The monoisotopic (exact) mass is 424 g/mol. The lowest BCUT2D eigenvalue weighted by molar-refractivity contribution is -0.123. The summed E-state index contributed by atoms with van der Waals surface area (Å²) < 4.78 is 31.2. The second-order valence-electron chi connectivity index (χ2n) is 6.88. The van der Waals surface area contributed by atoms with Gasteiger partial charge >= 0.3 is 0 Å². The number of ether oxygens (including phenoxy) is 1. The van der Waals surface area contributed by atoms with Crippen LogP contribution in [0.25, 0.3) is 0 Å². The molecule has 0 unspecified atom stereocenters. The molecule has 0 spiro atoms. The molecule has 1 N–H and O–H groups in total. The molecule has 0 bridgehead atoms. The maximum absolute atomic E-state index is 12.2. The van der Waals surface area contributed by atoms with Gasteiger partial charge in [0.1, 0.15) is 5.75 Å². The first-order valence-corrected chi connectivity index (χ1v) is 11.1. The fourth-order valence-corrected chi connectivity index (χ4v) is 3.40. The average molecular weight is 425 g/mol. The smallest absolute Gasteiger partial charge is 0.257 e. The van der Waals surface area contributed by atoms with Gasteiger partial charge in [-0.05, 0) is 47.9 Å². The third-order valence-electron chi connectivity index (χ3n) is 3.84. The number of amides is 1. The number of anilines is 1. The molecule has 0 aliphatic heterocycles. The number of sulfonamides is 1. The Morgan fingerprint density at radius 3 is 2.25 bits per heavy atom. The number of carbonyl (C=O) groups excluding carboxylic acids is 1. The van der Waals surface area contributed by atoms with Crippen LogP contribution in [0, 0.1) is 5.92 Å². The van der Waals surface area contributed by atoms with E-state index in [1.165, 1.54) is 4.31 Å². The first kappa shape index (κ1) is 22.0. The van der Waals surface area contributed by atoms with Gasteiger partial charge in [0.2, 0.25) is 10.0 Å². The molecule has 0 saturated heterocycles. The van der Waals surface area contributed by atoms with E-state index in [2.05, 4.69) is 5.32 Å². The summed E-state index contributed by atoms with van der Waals surface area (Å²) in [5, 5.41) is 3.36. The standard InChI is InChI=1S/C20H25ClN2O4S/c1-15(2)12-22-20(24)14-27-19-10-8-18(9-11-19)23(28(3,25)26)13-16-4-6-17(21)7-5-16/h4-11,15H,12-14H2,1-3H3,(H,22,24). The van der Waals surface area contributed by atoms with Crippen LogP contribution in [0.3, 0.4) is 0 Å². The zero-order valence-corrected chi connectivity index (χ0v) is 17.8. The molecule has 0 aliphatic carbocycles. The summed E-state index contributed by atoms with van der Waals surface area (Å²) >= 11 is 5.89. The van der Waals surface area contributed by atoms with Gasteiger partial charge in [0.05, 0.1) is 18.5 Å². The van der Waals surface area contributed by atoms with Crippen LogP contribution in [0.15, 0.2) is 48.5 Å². The topological polar surface area (TPSA) is 75.7 Å². The highest BCUT2D eigenvalue weighted by atomic mass is 35.5. The number of halogens is 1. The Bertz CT molecular complexity index is 881. The van der Waals surface area contributed by atoms with E-state index in [1.54, 1.807) is 48.5 Å². The number of rotatable bonds is 9. The third-order valence-corrected chi connectivity index (χ3v) is 5.23. The van der Waals surface area contributed by atoms with Crippen molar-refractivity contribution in [3.63, 3.8) is 0 Å². The maximum Gasteiger partial charge on any atom is 0.257 e. The van der Waals surface area contributed by atoms with Crippen LogP contribution in [0.1, 0.15) is 19.4 Å². The second-order valence-corrected chi connectivity index (χ2v) is 9.22. The summed E-state index contributed by atoms with van der Waals surface area (Å²) in [5.41, 5.74) is 1.33. The molecule has 0 atom stereocenters. The van der Waals surface area contributed by atoms with Gasteiger partial charge < -0.3 is 10.1 Å². The van der Waals surface area contributed by atoms with Crippen LogP contribution in [-0.2, 0) is 21.4 Å². The Morgan fingerprint density at radius 2 is 1.71 bits per heavy atom. The molecule has 2 rings (SSSR count). The molecule has 0 fully saturated rings. The van der Waals surface area contributed by atoms with E-state index in [1.807, 2.05) is 13.8 Å². The molecule has 0 aromatic heterocycles. The number of carbonyl (C=O) groups is 1. The summed E-state index contributed by atoms with van der Waals surface area (Å²) in [7, 11) is -3.48. The zero-order chi connectivity index (χ0) is 20.7. The molecule has 8 heteroatoms. The summed E-state index contributed by atoms with van der Waals surface area (Å²) in [6.07, 6.45) is 1.16. The molecule has 6 nitrogen and oxygen atoms in total. The van der Waals surface area contributed by atoms with Gasteiger partial charge in [-0.1, -0.05) is 37.6 Å². The van der Waals surface area contributed by atoms with Crippen molar-refractivity contribution in [1.29, 1.82) is 0 Å². The van der Waals surface area contributed by atoms with Crippen molar-refractivity contribution < 1.29 is 17.9 Å². The number of nitrogens with zero attached hydrogens (tertiary/aromatic N) is 1. The average Bonchev–Trinajstić information content (AvgIpc) is 2.64. The van der Waals surface area contributed by atoms with Crippen LogP contribution in [0.5, 0.6) is 5.75 Å². The minimum atomic E-state index is -3.48. The highest BCUT2D eigenvalue weighted by Crippen LogP contribution is 2.24. The Balaban J connectivity index is 2.05. The van der Waals surface area contributed by atoms with E-state index < -0.39 is 10.0 Å². The number of hydrogen-bond donors (Lipinski definition) is 1. The second kappa shape index (κ2) is 9.80. The molecule has 28 heavy (non-hydrogen) atoms. The van der Waals surface area contributed by atoms with E-state index in [0.717, 1.165) is 11.8 Å². The van der Waals surface area contributed by atoms with Crippen molar-refractivity contribution in [2.24, 2.45) is 5.92 Å². The van der Waals surface area contributed by atoms with Gasteiger partial charge in [0.15, 0.2) is 6.61 Å². The first-order chi connectivity index (χ1) is 13.1. The van der Waals surface area contributed by atoms with Gasteiger partial charge in [0, 0.05) is 11.6 Å². The Labute approximate surface area is 171 Å². The molecule has 0 saturated carbocycles. The lowest BCUT2D eigenvalue weighted by Gasteiger charge is -2.23. The molecule has 2 aromatic carbocycles. The Morgan fingerprint density at radius 1 is 1.11 bits per heavy atom. The number of hydrogen-bond acceptors (Lipinski definition) is 4. The van der Waals surface area contributed by atoms with E-state index in [9.17, 15) is 13.2 Å². The zero-order valence-electron chi connectivity index (χ0n) is 16.2. The van der Waals surface area contributed by atoms with Gasteiger partial charge in [-0.25, -0.2) is 8.42 Å². The highest BCUT2D eigenvalue weighted by Gasteiger charge is 2.18. The maximum atomic E-state index is 12.2. The van der Waals surface area contributed by atoms with E-state index >= 15 is 0 Å². The van der Waals surface area contributed by atoms with Crippen molar-refractivity contribution >= 4 is 33.2 Å². The fraction of sp³-hybridized carbons (Fsp3) is 0.350. The van der Waals surface area contributed by atoms with Crippen LogP contribution in [0.4, 0.5) is 5.69 Å². The number of benzene rings is 2. The first-order valence-electron chi connectivity index (χ1n) is 8.87. The fourth-order valence-electron chi connectivity index (χ4n) is 2.38. The van der Waals surface area contributed by atoms with Crippen LogP contribution < -0.4 is 14.4 Å².